The summed E-state index contributed by atoms with van der Waals surface area (Å²) in [7, 11) is 1.83. The highest BCUT2D eigenvalue weighted by atomic mass is 32.2. The summed E-state index contributed by atoms with van der Waals surface area (Å²) in [5.74, 6) is 2.16. The molecule has 1 rings (SSSR count). The Morgan fingerprint density at radius 3 is 2.52 bits per heavy atom. The van der Waals surface area contributed by atoms with Gasteiger partial charge in [-0.25, -0.2) is 4.98 Å². The number of aliphatic imine (C=N–C) groups is 1. The summed E-state index contributed by atoms with van der Waals surface area (Å²) in [6.07, 6.45) is 8.02. The molecule has 0 saturated heterocycles. The van der Waals surface area contributed by atoms with E-state index in [1.807, 2.05) is 18.8 Å². The van der Waals surface area contributed by atoms with E-state index in [2.05, 4.69) is 39.2 Å². The van der Waals surface area contributed by atoms with Crippen molar-refractivity contribution in [1.29, 1.82) is 0 Å². The molecule has 6 heteroatoms. The highest BCUT2D eigenvalue weighted by Gasteiger charge is 2.00. The number of nitrogens with zero attached hydrogens (tertiary/aromatic N) is 2. The fourth-order valence-corrected chi connectivity index (χ4v) is 3.24. The molecule has 120 valence electrons. The SMILES string of the molecule is CN=C(NCCCCSC)NCCCCc1nc(C)cs1. The number of thioether (sulfide) groups is 1. The molecule has 0 saturated carbocycles. The van der Waals surface area contributed by atoms with Gasteiger partial charge >= 0.3 is 0 Å². The molecular formula is C15H28N4S2. The minimum Gasteiger partial charge on any atom is -0.356 e. The van der Waals surface area contributed by atoms with Crippen molar-refractivity contribution in [3.05, 3.63) is 16.1 Å². The molecule has 1 aromatic rings. The standard InChI is InChI=1S/C15H28N4S2/c1-13-12-21-14(19-13)8-4-5-9-17-15(16-2)18-10-6-7-11-20-3/h12H,4-11H2,1-3H3,(H2,16,17,18). The molecule has 0 radical (unpaired) electrons. The van der Waals surface area contributed by atoms with E-state index in [4.69, 9.17) is 0 Å². The van der Waals surface area contributed by atoms with Crippen LogP contribution < -0.4 is 10.6 Å². The van der Waals surface area contributed by atoms with Gasteiger partial charge in [-0.2, -0.15) is 11.8 Å². The predicted octanol–water partition coefficient (Wildman–Crippen LogP) is 3.08. The minimum atomic E-state index is 0.921. The normalized spacial score (nSPS) is 11.7. The van der Waals surface area contributed by atoms with Gasteiger partial charge in [0.05, 0.1) is 5.01 Å². The molecule has 1 aromatic heterocycles. The molecule has 0 bridgehead atoms. The van der Waals surface area contributed by atoms with Crippen LogP contribution in [-0.4, -0.2) is 43.1 Å². The van der Waals surface area contributed by atoms with Gasteiger partial charge in [-0.05, 0) is 51.0 Å². The molecule has 4 nitrogen and oxygen atoms in total. The van der Waals surface area contributed by atoms with Crippen LogP contribution in [0.1, 0.15) is 36.4 Å². The Morgan fingerprint density at radius 1 is 1.24 bits per heavy atom. The van der Waals surface area contributed by atoms with Gasteiger partial charge in [0.15, 0.2) is 5.96 Å². The van der Waals surface area contributed by atoms with Crippen molar-refractivity contribution in [2.24, 2.45) is 4.99 Å². The monoisotopic (exact) mass is 328 g/mol. The molecule has 0 aliphatic rings. The lowest BCUT2D eigenvalue weighted by Crippen LogP contribution is -2.38. The van der Waals surface area contributed by atoms with Gasteiger partial charge < -0.3 is 10.6 Å². The van der Waals surface area contributed by atoms with Crippen molar-refractivity contribution in [3.63, 3.8) is 0 Å². The van der Waals surface area contributed by atoms with E-state index in [1.54, 1.807) is 11.3 Å². The summed E-state index contributed by atoms with van der Waals surface area (Å²) in [6, 6.07) is 0. The first-order chi connectivity index (χ1) is 10.3. The summed E-state index contributed by atoms with van der Waals surface area (Å²) in [6.45, 7) is 4.02. The summed E-state index contributed by atoms with van der Waals surface area (Å²) < 4.78 is 0. The average Bonchev–Trinajstić information content (AvgIpc) is 2.90. The van der Waals surface area contributed by atoms with E-state index < -0.39 is 0 Å². The number of rotatable bonds is 10. The van der Waals surface area contributed by atoms with E-state index in [9.17, 15) is 0 Å². The molecule has 0 spiro atoms. The van der Waals surface area contributed by atoms with E-state index in [0.29, 0.717) is 0 Å². The summed E-state index contributed by atoms with van der Waals surface area (Å²) in [4.78, 5) is 8.73. The Bertz CT molecular complexity index is 404. The van der Waals surface area contributed by atoms with Crippen LogP contribution in [0.5, 0.6) is 0 Å². The first-order valence-corrected chi connectivity index (χ1v) is 9.88. The molecule has 0 aromatic carbocycles. The molecule has 0 amide bonds. The maximum Gasteiger partial charge on any atom is 0.190 e. The smallest absolute Gasteiger partial charge is 0.190 e. The van der Waals surface area contributed by atoms with E-state index in [1.165, 1.54) is 30.0 Å². The Balaban J connectivity index is 2.01. The van der Waals surface area contributed by atoms with Crippen LogP contribution in [0.15, 0.2) is 10.4 Å². The molecule has 0 fully saturated rings. The molecule has 2 N–H and O–H groups in total. The van der Waals surface area contributed by atoms with Crippen molar-refractivity contribution in [2.45, 2.75) is 39.0 Å². The topological polar surface area (TPSA) is 49.3 Å². The average molecular weight is 329 g/mol. The van der Waals surface area contributed by atoms with Gasteiger partial charge in [-0.1, -0.05) is 0 Å². The second kappa shape index (κ2) is 11.9. The van der Waals surface area contributed by atoms with Crippen LogP contribution in [0.2, 0.25) is 0 Å². The lowest BCUT2D eigenvalue weighted by atomic mass is 10.2. The van der Waals surface area contributed by atoms with E-state index >= 15 is 0 Å². The second-order valence-corrected chi connectivity index (χ2v) is 6.89. The van der Waals surface area contributed by atoms with Crippen LogP contribution in [0.4, 0.5) is 0 Å². The van der Waals surface area contributed by atoms with Crippen molar-refractivity contribution >= 4 is 29.1 Å². The minimum absolute atomic E-state index is 0.921. The predicted molar refractivity (Wildman–Crippen MR) is 96.8 cm³/mol. The van der Waals surface area contributed by atoms with Gasteiger partial charge in [-0.15, -0.1) is 11.3 Å². The van der Waals surface area contributed by atoms with Gasteiger partial charge in [0.2, 0.25) is 0 Å². The van der Waals surface area contributed by atoms with E-state index in [-0.39, 0.29) is 0 Å². The lowest BCUT2D eigenvalue weighted by Gasteiger charge is -2.11. The third-order valence-electron chi connectivity index (χ3n) is 3.07. The highest BCUT2D eigenvalue weighted by Crippen LogP contribution is 2.11. The van der Waals surface area contributed by atoms with Gasteiger partial charge in [0.1, 0.15) is 0 Å². The van der Waals surface area contributed by atoms with Crippen LogP contribution >= 0.6 is 23.1 Å². The number of unbranched alkanes of at least 4 members (excludes halogenated alkanes) is 2. The largest absolute Gasteiger partial charge is 0.356 e. The molecule has 1 heterocycles. The fourth-order valence-electron chi connectivity index (χ4n) is 1.92. The number of hydrogen-bond donors (Lipinski definition) is 2. The zero-order valence-corrected chi connectivity index (χ0v) is 15.1. The first kappa shape index (κ1) is 18.3. The van der Waals surface area contributed by atoms with Crippen LogP contribution in [0.25, 0.3) is 0 Å². The third-order valence-corrected chi connectivity index (χ3v) is 4.79. The number of guanidine groups is 1. The summed E-state index contributed by atoms with van der Waals surface area (Å²) in [5.41, 5.74) is 1.14. The molecule has 0 aliphatic heterocycles. The zero-order chi connectivity index (χ0) is 15.3. The molecule has 0 unspecified atom stereocenters. The lowest BCUT2D eigenvalue weighted by molar-refractivity contribution is 0.683. The third kappa shape index (κ3) is 8.98. The second-order valence-electron chi connectivity index (χ2n) is 4.97. The Morgan fingerprint density at radius 2 is 1.95 bits per heavy atom. The maximum absolute atomic E-state index is 4.48. The number of hydrogen-bond acceptors (Lipinski definition) is 4. The van der Waals surface area contributed by atoms with Crippen molar-refractivity contribution in [2.75, 3.05) is 32.1 Å². The molecule has 21 heavy (non-hydrogen) atoms. The number of thiazole rings is 1. The quantitative estimate of drug-likeness (QED) is 0.394. The molecule has 0 aliphatic carbocycles. The Hall–Kier alpha value is -0.750. The van der Waals surface area contributed by atoms with Crippen molar-refractivity contribution < 1.29 is 0 Å². The number of aromatic nitrogens is 1. The van der Waals surface area contributed by atoms with Gasteiger partial charge in [0, 0.05) is 31.2 Å². The summed E-state index contributed by atoms with van der Waals surface area (Å²) in [5, 5.41) is 10.1. The van der Waals surface area contributed by atoms with Gasteiger partial charge in [0.25, 0.3) is 0 Å². The Kier molecular flexibility index (Phi) is 10.3. The first-order valence-electron chi connectivity index (χ1n) is 7.60. The van der Waals surface area contributed by atoms with Crippen LogP contribution in [-0.2, 0) is 6.42 Å². The van der Waals surface area contributed by atoms with Gasteiger partial charge in [-0.3, -0.25) is 4.99 Å². The highest BCUT2D eigenvalue weighted by molar-refractivity contribution is 7.98. The molecular weight excluding hydrogens is 300 g/mol. The van der Waals surface area contributed by atoms with E-state index in [0.717, 1.165) is 37.6 Å². The number of nitrogens with one attached hydrogen (secondary N) is 2. The Labute approximate surface area is 137 Å². The van der Waals surface area contributed by atoms with Crippen LogP contribution in [0, 0.1) is 6.92 Å². The number of aryl methyl sites for hydroxylation is 2. The molecule has 0 atom stereocenters. The maximum atomic E-state index is 4.48. The van der Waals surface area contributed by atoms with Crippen molar-refractivity contribution in [3.8, 4) is 0 Å². The summed E-state index contributed by atoms with van der Waals surface area (Å²) >= 11 is 3.67. The van der Waals surface area contributed by atoms with Crippen LogP contribution in [0.3, 0.4) is 0 Å². The zero-order valence-electron chi connectivity index (χ0n) is 13.4. The van der Waals surface area contributed by atoms with Crippen molar-refractivity contribution in [1.82, 2.24) is 15.6 Å². The fraction of sp³-hybridized carbons (Fsp3) is 0.733.